The van der Waals surface area contributed by atoms with Crippen LogP contribution in [0, 0.1) is 0 Å². The van der Waals surface area contributed by atoms with Crippen LogP contribution >= 0.6 is 0 Å². The molecule has 0 atom stereocenters. The van der Waals surface area contributed by atoms with Crippen molar-refractivity contribution in [3.63, 3.8) is 0 Å². The van der Waals surface area contributed by atoms with Crippen molar-refractivity contribution in [3.05, 3.63) is 17.5 Å². The Morgan fingerprint density at radius 2 is 2.11 bits per heavy atom. The molecule has 0 radical (unpaired) electrons. The quantitative estimate of drug-likeness (QED) is 0.685. The van der Waals surface area contributed by atoms with Gasteiger partial charge in [-0.05, 0) is 13.8 Å². The lowest BCUT2D eigenvalue weighted by Crippen LogP contribution is -2.18. The number of primary amides is 1. The van der Waals surface area contributed by atoms with E-state index in [0.29, 0.717) is 16.9 Å². The van der Waals surface area contributed by atoms with Crippen LogP contribution in [-0.4, -0.2) is 25.5 Å². The van der Waals surface area contributed by atoms with Gasteiger partial charge in [-0.15, -0.1) is 0 Å². The molecule has 0 unspecified atom stereocenters. The van der Waals surface area contributed by atoms with Crippen LogP contribution in [0.1, 0.15) is 29.9 Å². The maximum atomic E-state index is 11.4. The molecule has 2 heterocycles. The molecule has 7 nitrogen and oxygen atoms in total. The van der Waals surface area contributed by atoms with Crippen molar-refractivity contribution in [2.45, 2.75) is 19.4 Å². The fourth-order valence-electron chi connectivity index (χ4n) is 1.74. The van der Waals surface area contributed by atoms with E-state index < -0.39 is 11.5 Å². The van der Waals surface area contributed by atoms with E-state index in [4.69, 9.17) is 11.5 Å². The summed E-state index contributed by atoms with van der Waals surface area (Å²) in [5.41, 5.74) is 11.2. The summed E-state index contributed by atoms with van der Waals surface area (Å²) in [5.74, 6) is -0.453. The van der Waals surface area contributed by atoms with Crippen molar-refractivity contribution < 1.29 is 9.90 Å². The van der Waals surface area contributed by atoms with Gasteiger partial charge >= 0.3 is 0 Å². The standard InChI is InChI=1S/C11H15N5O2/c1-11(2,18)5-4-14-10-7(15-5)6(9(13)17)8(12)16(10)3/h4,18H,12H2,1-3H3,(H2,13,17). The van der Waals surface area contributed by atoms with Gasteiger partial charge in [0, 0.05) is 7.05 Å². The third-order valence-corrected chi connectivity index (χ3v) is 2.80. The second-order valence-corrected chi connectivity index (χ2v) is 4.67. The van der Waals surface area contributed by atoms with Gasteiger partial charge in [-0.25, -0.2) is 9.97 Å². The Bertz CT molecular complexity index is 639. The lowest BCUT2D eigenvalue weighted by atomic mass is 10.1. The Balaban J connectivity index is 2.84. The number of carbonyl (C=O) groups is 1. The van der Waals surface area contributed by atoms with E-state index in [1.54, 1.807) is 20.9 Å². The number of amides is 1. The topological polar surface area (TPSA) is 120 Å². The number of hydrogen-bond donors (Lipinski definition) is 3. The molecule has 5 N–H and O–H groups in total. The van der Waals surface area contributed by atoms with Gasteiger partial charge in [0.2, 0.25) is 0 Å². The molecule has 0 saturated carbocycles. The SMILES string of the molecule is Cn1c(N)c(C(N)=O)c2nc(C(C)(C)O)cnc21. The maximum absolute atomic E-state index is 11.4. The minimum atomic E-state index is -1.15. The molecule has 0 bridgehead atoms. The smallest absolute Gasteiger partial charge is 0.254 e. The van der Waals surface area contributed by atoms with Crippen molar-refractivity contribution in [2.24, 2.45) is 12.8 Å². The predicted molar refractivity (Wildman–Crippen MR) is 66.7 cm³/mol. The third-order valence-electron chi connectivity index (χ3n) is 2.80. The second-order valence-electron chi connectivity index (χ2n) is 4.67. The maximum Gasteiger partial charge on any atom is 0.254 e. The lowest BCUT2D eigenvalue weighted by Gasteiger charge is -2.15. The number of aryl methyl sites for hydroxylation is 1. The fraction of sp³-hybridized carbons (Fsp3) is 0.364. The normalized spacial score (nSPS) is 12.0. The molecule has 1 amide bonds. The van der Waals surface area contributed by atoms with Gasteiger partial charge in [-0.3, -0.25) is 4.79 Å². The van der Waals surface area contributed by atoms with Crippen molar-refractivity contribution in [3.8, 4) is 0 Å². The summed E-state index contributed by atoms with van der Waals surface area (Å²) in [6.07, 6.45) is 1.45. The predicted octanol–water partition coefficient (Wildman–Crippen LogP) is -0.123. The Morgan fingerprint density at radius 3 is 2.61 bits per heavy atom. The van der Waals surface area contributed by atoms with Crippen LogP contribution < -0.4 is 11.5 Å². The van der Waals surface area contributed by atoms with E-state index in [9.17, 15) is 9.90 Å². The number of nitrogens with two attached hydrogens (primary N) is 2. The van der Waals surface area contributed by atoms with Crippen LogP contribution in [0.5, 0.6) is 0 Å². The first-order valence-electron chi connectivity index (χ1n) is 5.37. The largest absolute Gasteiger partial charge is 0.384 e. The van der Waals surface area contributed by atoms with Gasteiger partial charge in [0.25, 0.3) is 5.91 Å². The van der Waals surface area contributed by atoms with Crippen LogP contribution in [0.4, 0.5) is 5.82 Å². The summed E-state index contributed by atoms with van der Waals surface area (Å²) < 4.78 is 1.54. The van der Waals surface area contributed by atoms with Crippen molar-refractivity contribution in [2.75, 3.05) is 5.73 Å². The van der Waals surface area contributed by atoms with Crippen LogP contribution in [-0.2, 0) is 12.6 Å². The molecular formula is C11H15N5O2. The molecule has 0 aliphatic rings. The van der Waals surface area contributed by atoms with Gasteiger partial charge in [0.15, 0.2) is 5.65 Å². The zero-order valence-electron chi connectivity index (χ0n) is 10.4. The number of nitrogen functional groups attached to an aromatic ring is 1. The first-order chi connectivity index (χ1) is 8.23. The summed E-state index contributed by atoms with van der Waals surface area (Å²) in [6, 6.07) is 0. The van der Waals surface area contributed by atoms with E-state index in [-0.39, 0.29) is 11.4 Å². The first-order valence-corrected chi connectivity index (χ1v) is 5.37. The average molecular weight is 249 g/mol. The number of carbonyl (C=O) groups excluding carboxylic acids is 1. The average Bonchev–Trinajstić information content (AvgIpc) is 2.50. The number of fused-ring (bicyclic) bond motifs is 1. The Hall–Kier alpha value is -2.15. The number of aliphatic hydroxyl groups is 1. The summed E-state index contributed by atoms with van der Waals surface area (Å²) in [5, 5.41) is 9.90. The van der Waals surface area contributed by atoms with Crippen LogP contribution in [0.2, 0.25) is 0 Å². The number of anilines is 1. The number of hydrogen-bond acceptors (Lipinski definition) is 5. The summed E-state index contributed by atoms with van der Waals surface area (Å²) in [6.45, 7) is 3.16. The zero-order valence-corrected chi connectivity index (χ0v) is 10.4. The number of rotatable bonds is 2. The van der Waals surface area contributed by atoms with E-state index in [0.717, 1.165) is 0 Å². The molecular weight excluding hydrogens is 234 g/mol. The molecule has 0 saturated heterocycles. The fourth-order valence-corrected chi connectivity index (χ4v) is 1.74. The molecule has 7 heteroatoms. The highest BCUT2D eigenvalue weighted by atomic mass is 16.3. The van der Waals surface area contributed by atoms with Gasteiger partial charge in [0.1, 0.15) is 22.5 Å². The Kier molecular flexibility index (Phi) is 2.51. The Morgan fingerprint density at radius 1 is 1.50 bits per heavy atom. The van der Waals surface area contributed by atoms with Crippen molar-refractivity contribution in [1.82, 2.24) is 14.5 Å². The first kappa shape index (κ1) is 12.3. The van der Waals surface area contributed by atoms with Gasteiger partial charge in [0.05, 0.1) is 11.9 Å². The van der Waals surface area contributed by atoms with Gasteiger partial charge in [-0.1, -0.05) is 0 Å². The third kappa shape index (κ3) is 1.68. The number of aromatic nitrogens is 3. The van der Waals surface area contributed by atoms with E-state index in [1.165, 1.54) is 10.8 Å². The Labute approximate surface area is 103 Å². The summed E-state index contributed by atoms with van der Waals surface area (Å²) in [7, 11) is 1.67. The minimum absolute atomic E-state index is 0.131. The monoisotopic (exact) mass is 249 g/mol. The van der Waals surface area contributed by atoms with Gasteiger partial charge < -0.3 is 21.1 Å². The van der Waals surface area contributed by atoms with Crippen molar-refractivity contribution >= 4 is 22.9 Å². The molecule has 2 aromatic heterocycles. The highest BCUT2D eigenvalue weighted by Crippen LogP contribution is 2.26. The second kappa shape index (κ2) is 3.67. The van der Waals surface area contributed by atoms with Crippen LogP contribution in [0.3, 0.4) is 0 Å². The highest BCUT2D eigenvalue weighted by Gasteiger charge is 2.24. The molecule has 2 rings (SSSR count). The molecule has 18 heavy (non-hydrogen) atoms. The molecule has 0 aromatic carbocycles. The minimum Gasteiger partial charge on any atom is -0.384 e. The van der Waals surface area contributed by atoms with E-state index in [1.807, 2.05) is 0 Å². The summed E-state index contributed by atoms with van der Waals surface area (Å²) >= 11 is 0. The van der Waals surface area contributed by atoms with E-state index in [2.05, 4.69) is 9.97 Å². The number of nitrogens with zero attached hydrogens (tertiary/aromatic N) is 3. The molecule has 0 aliphatic heterocycles. The molecule has 96 valence electrons. The van der Waals surface area contributed by atoms with Crippen LogP contribution in [0.25, 0.3) is 11.2 Å². The molecule has 0 aliphatic carbocycles. The van der Waals surface area contributed by atoms with Crippen LogP contribution in [0.15, 0.2) is 6.20 Å². The molecule has 2 aromatic rings. The summed E-state index contributed by atoms with van der Waals surface area (Å²) in [4.78, 5) is 19.8. The molecule has 0 spiro atoms. The zero-order chi connectivity index (χ0) is 13.7. The molecule has 0 fully saturated rings. The van der Waals surface area contributed by atoms with E-state index >= 15 is 0 Å². The lowest BCUT2D eigenvalue weighted by molar-refractivity contribution is 0.0737. The van der Waals surface area contributed by atoms with Gasteiger partial charge in [-0.2, -0.15) is 0 Å². The van der Waals surface area contributed by atoms with Crippen molar-refractivity contribution in [1.29, 1.82) is 0 Å². The highest BCUT2D eigenvalue weighted by molar-refractivity contribution is 6.08.